The van der Waals surface area contributed by atoms with E-state index in [1.807, 2.05) is 48.2 Å². The van der Waals surface area contributed by atoms with Crippen LogP contribution in [0.1, 0.15) is 19.5 Å². The van der Waals surface area contributed by atoms with Crippen molar-refractivity contribution in [1.29, 1.82) is 0 Å². The van der Waals surface area contributed by atoms with Gasteiger partial charge >= 0.3 is 0 Å². The highest BCUT2D eigenvalue weighted by Gasteiger charge is 2.24. The molecule has 0 unspecified atom stereocenters. The number of hydrogen-bond acceptors (Lipinski definition) is 4. The number of carbonyl (C=O) groups excluding carboxylic acids is 1. The molecule has 2 heterocycles. The molecule has 25 heavy (non-hydrogen) atoms. The van der Waals surface area contributed by atoms with Crippen molar-refractivity contribution < 1.29 is 4.79 Å². The lowest BCUT2D eigenvalue weighted by atomic mass is 10.2. The molecule has 0 spiro atoms. The molecule has 1 fully saturated rings. The molecule has 1 aliphatic heterocycles. The fourth-order valence-electron chi connectivity index (χ4n) is 2.68. The molecule has 130 valence electrons. The lowest BCUT2D eigenvalue weighted by Gasteiger charge is -2.20. The molecule has 0 saturated carbocycles. The first kappa shape index (κ1) is 17.4. The Morgan fingerprint density at radius 1 is 1.20 bits per heavy atom. The molecule has 6 heteroatoms. The van der Waals surface area contributed by atoms with Crippen LogP contribution in [0.25, 0.3) is 6.08 Å². The van der Waals surface area contributed by atoms with Gasteiger partial charge in [0.05, 0.1) is 10.6 Å². The molecule has 0 radical (unpaired) electrons. The number of hydrogen-bond donors (Lipinski definition) is 1. The van der Waals surface area contributed by atoms with Gasteiger partial charge in [0.2, 0.25) is 0 Å². The van der Waals surface area contributed by atoms with Crippen molar-refractivity contribution in [1.82, 2.24) is 9.88 Å². The molecule has 0 atom stereocenters. The summed E-state index contributed by atoms with van der Waals surface area (Å²) < 4.78 is 1.97. The van der Waals surface area contributed by atoms with Gasteiger partial charge in [-0.2, -0.15) is 0 Å². The fraction of sp³-hybridized carbons (Fsp3) is 0.263. The van der Waals surface area contributed by atoms with Crippen LogP contribution in [0.3, 0.4) is 0 Å². The Kier molecular flexibility index (Phi) is 5.28. The van der Waals surface area contributed by atoms with Crippen molar-refractivity contribution in [3.63, 3.8) is 0 Å². The van der Waals surface area contributed by atoms with E-state index < -0.39 is 0 Å². The zero-order chi connectivity index (χ0) is 17.8. The molecule has 5 nitrogen and oxygen atoms in total. The first-order chi connectivity index (χ1) is 12.1. The minimum Gasteiger partial charge on any atom is -0.372 e. The Bertz CT molecular complexity index is 816. The Morgan fingerprint density at radius 2 is 1.92 bits per heavy atom. The average molecular weight is 354 g/mol. The van der Waals surface area contributed by atoms with Gasteiger partial charge in [0.15, 0.2) is 5.17 Å². The van der Waals surface area contributed by atoms with Gasteiger partial charge in [0.25, 0.3) is 5.91 Å². The number of anilines is 1. The number of carbonyl (C=O) groups is 1. The highest BCUT2D eigenvalue weighted by Crippen LogP contribution is 2.28. The quantitative estimate of drug-likeness (QED) is 0.832. The predicted molar refractivity (Wildman–Crippen MR) is 106 cm³/mol. The van der Waals surface area contributed by atoms with Gasteiger partial charge in [-0.05, 0) is 68.1 Å². The molecule has 3 rings (SSSR count). The van der Waals surface area contributed by atoms with Crippen molar-refractivity contribution in [2.75, 3.05) is 18.0 Å². The first-order valence-electron chi connectivity index (χ1n) is 8.36. The lowest BCUT2D eigenvalue weighted by molar-refractivity contribution is -0.115. The molecule has 0 aliphatic carbocycles. The standard InChI is InChI=1S/C19H22N4OS/c1-4-23(5-2)15-10-8-14(9-11-15)20-19-21-18(24)17(25-19)13-16-7-6-12-22(16)3/h6-13H,4-5H2,1-3H3,(H,20,21,24). The van der Waals surface area contributed by atoms with E-state index in [1.54, 1.807) is 0 Å². The van der Waals surface area contributed by atoms with Gasteiger partial charge in [0.1, 0.15) is 0 Å². The van der Waals surface area contributed by atoms with Gasteiger partial charge in [-0.3, -0.25) is 4.79 Å². The predicted octanol–water partition coefficient (Wildman–Crippen LogP) is 3.76. The van der Waals surface area contributed by atoms with E-state index in [2.05, 4.69) is 41.2 Å². The number of nitrogens with zero attached hydrogens (tertiary/aromatic N) is 3. The Balaban J connectivity index is 1.76. The van der Waals surface area contributed by atoms with E-state index in [-0.39, 0.29) is 5.91 Å². The maximum Gasteiger partial charge on any atom is 0.264 e. The molecule has 1 aliphatic rings. The van der Waals surface area contributed by atoms with E-state index in [0.717, 1.165) is 24.5 Å². The normalized spacial score (nSPS) is 17.3. The maximum absolute atomic E-state index is 12.1. The van der Waals surface area contributed by atoms with E-state index >= 15 is 0 Å². The third kappa shape index (κ3) is 3.96. The third-order valence-electron chi connectivity index (χ3n) is 4.12. The molecule has 1 saturated heterocycles. The minimum absolute atomic E-state index is 0.107. The number of amides is 1. The summed E-state index contributed by atoms with van der Waals surface area (Å²) in [6.45, 7) is 6.24. The Labute approximate surface area is 152 Å². The highest BCUT2D eigenvalue weighted by atomic mass is 32.2. The summed E-state index contributed by atoms with van der Waals surface area (Å²) in [5.74, 6) is -0.107. The number of benzene rings is 1. The summed E-state index contributed by atoms with van der Waals surface area (Å²) in [5.41, 5.74) is 3.00. The SMILES string of the molecule is CCN(CC)c1ccc(N=C2NC(=O)C(=Cc3cccn3C)S2)cc1. The summed E-state index contributed by atoms with van der Waals surface area (Å²) in [6.07, 6.45) is 3.84. The van der Waals surface area contributed by atoms with Gasteiger partial charge < -0.3 is 14.8 Å². The van der Waals surface area contributed by atoms with Gasteiger partial charge in [-0.1, -0.05) is 0 Å². The number of amidine groups is 1. The molecule has 1 N–H and O–H groups in total. The van der Waals surface area contributed by atoms with Crippen LogP contribution in [-0.2, 0) is 11.8 Å². The topological polar surface area (TPSA) is 49.6 Å². The minimum atomic E-state index is -0.107. The van der Waals surface area contributed by atoms with Crippen LogP contribution >= 0.6 is 11.8 Å². The Hall–Kier alpha value is -2.47. The van der Waals surface area contributed by atoms with Gasteiger partial charge in [-0.15, -0.1) is 0 Å². The number of aryl methyl sites for hydroxylation is 1. The molecule has 1 aromatic carbocycles. The van der Waals surface area contributed by atoms with Crippen LogP contribution in [0, 0.1) is 0 Å². The van der Waals surface area contributed by atoms with Crippen LogP contribution in [0.5, 0.6) is 0 Å². The van der Waals surface area contributed by atoms with Crippen LogP contribution in [-0.4, -0.2) is 28.7 Å². The first-order valence-corrected chi connectivity index (χ1v) is 9.18. The molecule has 0 bridgehead atoms. The molecule has 2 aromatic rings. The van der Waals surface area contributed by atoms with Crippen LogP contribution in [0.2, 0.25) is 0 Å². The van der Waals surface area contributed by atoms with E-state index in [1.165, 1.54) is 17.4 Å². The summed E-state index contributed by atoms with van der Waals surface area (Å²) in [6, 6.07) is 12.0. The van der Waals surface area contributed by atoms with Crippen LogP contribution < -0.4 is 10.2 Å². The third-order valence-corrected chi connectivity index (χ3v) is 5.03. The number of nitrogens with one attached hydrogen (secondary N) is 1. The fourth-order valence-corrected chi connectivity index (χ4v) is 3.51. The zero-order valence-corrected chi connectivity index (χ0v) is 15.5. The second kappa shape index (κ2) is 7.61. The monoisotopic (exact) mass is 354 g/mol. The number of rotatable bonds is 5. The van der Waals surface area contributed by atoms with E-state index in [0.29, 0.717) is 10.1 Å². The summed E-state index contributed by atoms with van der Waals surface area (Å²) in [4.78, 5) is 19.6. The van der Waals surface area contributed by atoms with Crippen molar-refractivity contribution in [3.05, 3.63) is 53.2 Å². The second-order valence-corrected chi connectivity index (χ2v) is 6.75. The van der Waals surface area contributed by atoms with Crippen LogP contribution in [0.15, 0.2) is 52.5 Å². The Morgan fingerprint density at radius 3 is 2.52 bits per heavy atom. The number of thioether (sulfide) groups is 1. The summed E-state index contributed by atoms with van der Waals surface area (Å²) >= 11 is 1.37. The largest absolute Gasteiger partial charge is 0.372 e. The van der Waals surface area contributed by atoms with Crippen molar-refractivity contribution in [3.8, 4) is 0 Å². The molecule has 1 amide bonds. The maximum atomic E-state index is 12.1. The second-order valence-electron chi connectivity index (χ2n) is 5.71. The number of aromatic nitrogens is 1. The average Bonchev–Trinajstić information content (AvgIpc) is 3.16. The lowest BCUT2D eigenvalue weighted by Crippen LogP contribution is -2.21. The molecular formula is C19H22N4OS. The van der Waals surface area contributed by atoms with Crippen molar-refractivity contribution in [2.45, 2.75) is 13.8 Å². The van der Waals surface area contributed by atoms with Crippen LogP contribution in [0.4, 0.5) is 11.4 Å². The molecular weight excluding hydrogens is 332 g/mol. The highest BCUT2D eigenvalue weighted by molar-refractivity contribution is 8.18. The zero-order valence-electron chi connectivity index (χ0n) is 14.7. The van der Waals surface area contributed by atoms with Crippen molar-refractivity contribution in [2.24, 2.45) is 12.0 Å². The van der Waals surface area contributed by atoms with Gasteiger partial charge in [0, 0.05) is 37.7 Å². The van der Waals surface area contributed by atoms with Gasteiger partial charge in [-0.25, -0.2) is 4.99 Å². The van der Waals surface area contributed by atoms with E-state index in [9.17, 15) is 4.79 Å². The number of aliphatic imine (C=N–C) groups is 1. The van der Waals surface area contributed by atoms with Crippen molar-refractivity contribution >= 4 is 40.3 Å². The molecule has 1 aromatic heterocycles. The smallest absolute Gasteiger partial charge is 0.264 e. The summed E-state index contributed by atoms with van der Waals surface area (Å²) in [7, 11) is 1.95. The van der Waals surface area contributed by atoms with E-state index in [4.69, 9.17) is 0 Å². The summed E-state index contributed by atoms with van der Waals surface area (Å²) in [5, 5.41) is 3.44.